The lowest BCUT2D eigenvalue weighted by Crippen LogP contribution is -2.55. The minimum atomic E-state index is -5.76. The molecule has 2 N–H and O–H groups in total. The molecule has 3 rings (SSSR count). The molecule has 0 aromatic carbocycles. The molecule has 3 aliphatic rings. The minimum absolute atomic E-state index is 0.0468. The fourth-order valence-electron chi connectivity index (χ4n) is 3.98. The summed E-state index contributed by atoms with van der Waals surface area (Å²) in [5.41, 5.74) is 0. The van der Waals surface area contributed by atoms with Gasteiger partial charge in [-0.3, -0.25) is 22.9 Å². The second-order valence-corrected chi connectivity index (χ2v) is 11.3. The van der Waals surface area contributed by atoms with Crippen LogP contribution in [-0.4, -0.2) is 55.5 Å². The Morgan fingerprint density at radius 3 is 2.25 bits per heavy atom. The predicted octanol–water partition coefficient (Wildman–Crippen LogP) is 0.352. The van der Waals surface area contributed by atoms with Crippen molar-refractivity contribution >= 4 is 31.7 Å². The van der Waals surface area contributed by atoms with Crippen LogP contribution in [0, 0.1) is 11.8 Å². The maximum atomic E-state index is 12.3. The van der Waals surface area contributed by atoms with Crippen LogP contribution < -0.4 is 0 Å². The summed E-state index contributed by atoms with van der Waals surface area (Å²) in [7, 11) is -9.69. The Bertz CT molecular complexity index is 723. The van der Waals surface area contributed by atoms with Crippen molar-refractivity contribution < 1.29 is 35.5 Å². The molecule has 0 aromatic rings. The first-order valence-electron chi connectivity index (χ1n) is 7.87. The SMILES string of the molecule is O=C1CCC(=O)N1S(=O)(O)(O)CCOS(=O)(=O)C1CC2CCC1C2. The van der Waals surface area contributed by atoms with Gasteiger partial charge in [-0.1, -0.05) is 6.42 Å². The second kappa shape index (κ2) is 5.56. The van der Waals surface area contributed by atoms with Crippen LogP contribution in [0.3, 0.4) is 0 Å². The first-order valence-corrected chi connectivity index (χ1v) is 11.4. The van der Waals surface area contributed by atoms with E-state index < -0.39 is 49.4 Å². The molecule has 2 bridgehead atoms. The summed E-state index contributed by atoms with van der Waals surface area (Å²) < 4.78 is 61.3. The maximum absolute atomic E-state index is 12.3. The fourth-order valence-corrected chi connectivity index (χ4v) is 7.36. The van der Waals surface area contributed by atoms with E-state index in [-0.39, 0.29) is 23.1 Å². The van der Waals surface area contributed by atoms with E-state index in [1.54, 1.807) is 0 Å². The number of hydrogen-bond acceptors (Lipinski definition) is 6. The van der Waals surface area contributed by atoms with Crippen LogP contribution in [0.5, 0.6) is 0 Å². The molecule has 3 unspecified atom stereocenters. The van der Waals surface area contributed by atoms with Gasteiger partial charge in [-0.25, -0.2) is 4.21 Å². The third kappa shape index (κ3) is 3.15. The van der Waals surface area contributed by atoms with Crippen LogP contribution in [0.15, 0.2) is 0 Å². The van der Waals surface area contributed by atoms with Gasteiger partial charge < -0.3 is 0 Å². The van der Waals surface area contributed by atoms with Gasteiger partial charge in [0.1, 0.15) is 0 Å². The van der Waals surface area contributed by atoms with Gasteiger partial charge in [0.15, 0.2) is 9.81 Å². The highest BCUT2D eigenvalue weighted by atomic mass is 32.3. The molecule has 1 aliphatic heterocycles. The molecule has 1 saturated heterocycles. The quantitative estimate of drug-likeness (QED) is 0.495. The van der Waals surface area contributed by atoms with Crippen molar-refractivity contribution in [2.45, 2.75) is 43.8 Å². The monoisotopic (exact) mass is 383 g/mol. The first kappa shape index (κ1) is 17.9. The van der Waals surface area contributed by atoms with Crippen molar-refractivity contribution in [3.8, 4) is 0 Å². The highest BCUT2D eigenvalue weighted by Crippen LogP contribution is 2.47. The van der Waals surface area contributed by atoms with Gasteiger partial charge in [-0.2, -0.15) is 12.7 Å². The zero-order valence-corrected chi connectivity index (χ0v) is 14.6. The van der Waals surface area contributed by atoms with E-state index in [1.807, 2.05) is 0 Å². The molecular formula is C13H21NO8S2. The summed E-state index contributed by atoms with van der Waals surface area (Å²) in [6.45, 7) is -0.772. The van der Waals surface area contributed by atoms with Gasteiger partial charge in [0.05, 0.1) is 17.6 Å². The fraction of sp³-hybridized carbons (Fsp3) is 0.846. The summed E-state index contributed by atoms with van der Waals surface area (Å²) in [5, 5.41) is -0.626. The summed E-state index contributed by atoms with van der Waals surface area (Å²) in [6.07, 6.45) is 2.68. The van der Waals surface area contributed by atoms with Crippen molar-refractivity contribution in [1.82, 2.24) is 4.31 Å². The average molecular weight is 383 g/mol. The molecule has 11 heteroatoms. The van der Waals surface area contributed by atoms with Crippen LogP contribution >= 0.6 is 0 Å². The van der Waals surface area contributed by atoms with Crippen molar-refractivity contribution in [2.24, 2.45) is 11.8 Å². The van der Waals surface area contributed by atoms with Crippen molar-refractivity contribution in [3.05, 3.63) is 0 Å². The number of imide groups is 1. The van der Waals surface area contributed by atoms with Crippen molar-refractivity contribution in [3.63, 3.8) is 0 Å². The molecule has 2 amide bonds. The molecule has 0 radical (unpaired) electrons. The molecule has 2 saturated carbocycles. The number of amides is 2. The second-order valence-electron chi connectivity index (χ2n) is 6.79. The summed E-state index contributed by atoms with van der Waals surface area (Å²) in [4.78, 5) is 23.1. The normalized spacial score (nSPS) is 32.3. The first-order chi connectivity index (χ1) is 11.0. The van der Waals surface area contributed by atoms with Crippen molar-refractivity contribution in [2.75, 3.05) is 12.4 Å². The Labute approximate surface area is 140 Å². The van der Waals surface area contributed by atoms with E-state index in [2.05, 4.69) is 0 Å². The number of nitrogens with zero attached hydrogens (tertiary/aromatic N) is 1. The van der Waals surface area contributed by atoms with E-state index in [0.29, 0.717) is 12.3 Å². The smallest absolute Gasteiger partial charge is 0.270 e. The third-order valence-corrected chi connectivity index (χ3v) is 8.94. The molecule has 0 aromatic heterocycles. The van der Waals surface area contributed by atoms with Gasteiger partial charge in [0, 0.05) is 12.8 Å². The highest BCUT2D eigenvalue weighted by molar-refractivity contribution is 8.09. The minimum Gasteiger partial charge on any atom is -0.293 e. The molecule has 3 atom stereocenters. The number of hydrogen-bond donors (Lipinski definition) is 2. The Morgan fingerprint density at radius 2 is 1.75 bits per heavy atom. The third-order valence-electron chi connectivity index (χ3n) is 5.10. The number of carbonyl (C=O) groups excluding carboxylic acids is 2. The number of carbonyl (C=O) groups is 2. The number of fused-ring (bicyclic) bond motifs is 2. The molecule has 1 heterocycles. The molecule has 24 heavy (non-hydrogen) atoms. The van der Waals surface area contributed by atoms with E-state index in [1.165, 1.54) is 0 Å². The Balaban J connectivity index is 1.64. The largest absolute Gasteiger partial charge is 0.293 e. The van der Waals surface area contributed by atoms with Gasteiger partial charge in [-0.05, 0) is 31.1 Å². The van der Waals surface area contributed by atoms with E-state index >= 15 is 0 Å². The molecular weight excluding hydrogens is 362 g/mol. The Morgan fingerprint density at radius 1 is 1.12 bits per heavy atom. The lowest BCUT2D eigenvalue weighted by Gasteiger charge is -2.37. The van der Waals surface area contributed by atoms with E-state index in [9.17, 15) is 31.3 Å². The van der Waals surface area contributed by atoms with Crippen LogP contribution in [0.2, 0.25) is 0 Å². The average Bonchev–Trinajstić information content (AvgIpc) is 3.13. The number of rotatable bonds is 6. The molecule has 3 fully saturated rings. The van der Waals surface area contributed by atoms with E-state index in [0.717, 1.165) is 19.3 Å². The maximum Gasteiger partial charge on any atom is 0.270 e. The van der Waals surface area contributed by atoms with Crippen LogP contribution in [0.4, 0.5) is 0 Å². The molecule has 2 aliphatic carbocycles. The van der Waals surface area contributed by atoms with Crippen LogP contribution in [-0.2, 0) is 33.7 Å². The Hall–Kier alpha value is -0.880. The van der Waals surface area contributed by atoms with Gasteiger partial charge in [0.2, 0.25) is 11.8 Å². The van der Waals surface area contributed by atoms with Gasteiger partial charge in [-0.15, -0.1) is 0 Å². The molecule has 138 valence electrons. The zero-order chi connectivity index (χ0) is 17.8. The van der Waals surface area contributed by atoms with Gasteiger partial charge >= 0.3 is 0 Å². The summed E-state index contributed by atoms with van der Waals surface area (Å²) in [6, 6.07) is 0. The van der Waals surface area contributed by atoms with Crippen LogP contribution in [0.1, 0.15) is 38.5 Å². The lowest BCUT2D eigenvalue weighted by atomic mass is 10.0. The highest BCUT2D eigenvalue weighted by Gasteiger charge is 2.50. The Kier molecular flexibility index (Phi) is 4.15. The van der Waals surface area contributed by atoms with Gasteiger partial charge in [0.25, 0.3) is 10.1 Å². The zero-order valence-electron chi connectivity index (χ0n) is 13.0. The predicted molar refractivity (Wildman–Crippen MR) is 83.5 cm³/mol. The topological polar surface area (TPSA) is 138 Å². The van der Waals surface area contributed by atoms with Crippen molar-refractivity contribution in [1.29, 1.82) is 0 Å². The molecule has 0 spiro atoms. The molecule has 9 nitrogen and oxygen atoms in total. The lowest BCUT2D eigenvalue weighted by molar-refractivity contribution is -0.133. The van der Waals surface area contributed by atoms with E-state index in [4.69, 9.17) is 4.18 Å². The summed E-state index contributed by atoms with van der Waals surface area (Å²) in [5.74, 6) is -2.54. The standard InChI is InChI=1S/C13H21NO8S2/c15-12-3-4-13(16)14(12)24(19,20,21)6-5-22-23(17,18)11-8-9-1-2-10(11)7-9/h9-11H,1-8H2,(H2,19,20,21). The van der Waals surface area contributed by atoms with Crippen LogP contribution in [0.25, 0.3) is 0 Å². The summed E-state index contributed by atoms with van der Waals surface area (Å²) >= 11 is 0.